The quantitative estimate of drug-likeness (QED) is 0.400. The number of aryl methyl sites for hydroxylation is 1. The van der Waals surface area contributed by atoms with Crippen LogP contribution in [0.5, 0.6) is 11.6 Å². The molecular formula is C22H18N6O2S. The summed E-state index contributed by atoms with van der Waals surface area (Å²) in [6.07, 6.45) is 5.21. The zero-order valence-corrected chi connectivity index (χ0v) is 17.7. The molecule has 0 N–H and O–H groups in total. The third kappa shape index (κ3) is 3.71. The van der Waals surface area contributed by atoms with Crippen molar-refractivity contribution in [2.24, 2.45) is 7.05 Å². The van der Waals surface area contributed by atoms with Gasteiger partial charge in [-0.05, 0) is 0 Å². The molecular weight excluding hydrogens is 412 g/mol. The average Bonchev–Trinajstić information content (AvgIpc) is 3.47. The van der Waals surface area contributed by atoms with Crippen molar-refractivity contribution < 1.29 is 9.47 Å². The maximum atomic E-state index is 5.93. The SMILES string of the molecule is COc1cc2ncnc(-c3cn(C)nc3-c3ccccc3)c2nc1OCc1nccs1. The molecule has 4 aromatic heterocycles. The molecule has 9 heteroatoms. The number of aromatic nitrogens is 6. The molecule has 154 valence electrons. The number of methoxy groups -OCH3 is 1. The van der Waals surface area contributed by atoms with Crippen LogP contribution in [0.15, 0.2) is 60.5 Å². The van der Waals surface area contributed by atoms with Crippen molar-refractivity contribution in [3.63, 3.8) is 0 Å². The van der Waals surface area contributed by atoms with Gasteiger partial charge in [0, 0.05) is 42.0 Å². The number of ether oxygens (including phenoxy) is 2. The Bertz CT molecular complexity index is 1340. The Morgan fingerprint density at radius 3 is 2.71 bits per heavy atom. The first-order valence-electron chi connectivity index (χ1n) is 9.53. The standard InChI is InChI=1S/C22H18N6O2S/c1-28-11-15(19(27-28)14-6-4-3-5-7-14)20-21-16(24-13-25-20)10-17(29-2)22(26-21)30-12-18-23-8-9-31-18/h3-11,13H,12H2,1-2H3. The van der Waals surface area contributed by atoms with Gasteiger partial charge in [-0.3, -0.25) is 4.68 Å². The van der Waals surface area contributed by atoms with E-state index in [2.05, 4.69) is 20.1 Å². The molecule has 31 heavy (non-hydrogen) atoms. The smallest absolute Gasteiger partial charge is 0.258 e. The van der Waals surface area contributed by atoms with Crippen molar-refractivity contribution in [2.75, 3.05) is 7.11 Å². The second kappa shape index (κ2) is 8.11. The van der Waals surface area contributed by atoms with Crippen LogP contribution in [0.2, 0.25) is 0 Å². The highest BCUT2D eigenvalue weighted by Crippen LogP contribution is 2.36. The van der Waals surface area contributed by atoms with Gasteiger partial charge in [0.2, 0.25) is 0 Å². The van der Waals surface area contributed by atoms with Crippen molar-refractivity contribution in [3.05, 3.63) is 65.5 Å². The van der Waals surface area contributed by atoms with E-state index >= 15 is 0 Å². The van der Waals surface area contributed by atoms with Gasteiger partial charge in [-0.25, -0.2) is 19.9 Å². The van der Waals surface area contributed by atoms with Crippen LogP contribution in [0.25, 0.3) is 33.5 Å². The largest absolute Gasteiger partial charge is 0.491 e. The number of pyridine rings is 1. The zero-order chi connectivity index (χ0) is 21.2. The van der Waals surface area contributed by atoms with Gasteiger partial charge in [0.05, 0.1) is 12.6 Å². The molecule has 0 unspecified atom stereocenters. The summed E-state index contributed by atoms with van der Waals surface area (Å²) in [5.41, 5.74) is 4.64. The fraction of sp³-hybridized carbons (Fsp3) is 0.136. The maximum absolute atomic E-state index is 5.93. The van der Waals surface area contributed by atoms with Gasteiger partial charge in [0.15, 0.2) is 5.75 Å². The predicted octanol–water partition coefficient (Wildman–Crippen LogP) is 4.14. The van der Waals surface area contributed by atoms with E-state index in [1.165, 1.54) is 17.7 Å². The molecule has 0 aliphatic carbocycles. The van der Waals surface area contributed by atoms with E-state index in [4.69, 9.17) is 14.5 Å². The van der Waals surface area contributed by atoms with E-state index in [1.54, 1.807) is 18.0 Å². The maximum Gasteiger partial charge on any atom is 0.258 e. The van der Waals surface area contributed by atoms with E-state index in [9.17, 15) is 0 Å². The average molecular weight is 430 g/mol. The van der Waals surface area contributed by atoms with Crippen molar-refractivity contribution in [3.8, 4) is 34.1 Å². The fourth-order valence-corrected chi connectivity index (χ4v) is 3.85. The number of fused-ring (bicyclic) bond motifs is 1. The van der Waals surface area contributed by atoms with E-state index < -0.39 is 0 Å². The second-order valence-corrected chi connectivity index (χ2v) is 7.71. The molecule has 0 bridgehead atoms. The van der Waals surface area contributed by atoms with Crippen LogP contribution in [0.3, 0.4) is 0 Å². The number of nitrogens with zero attached hydrogens (tertiary/aromatic N) is 6. The molecule has 0 aliphatic heterocycles. The van der Waals surface area contributed by atoms with Gasteiger partial charge >= 0.3 is 0 Å². The molecule has 0 saturated heterocycles. The lowest BCUT2D eigenvalue weighted by Gasteiger charge is -2.11. The second-order valence-electron chi connectivity index (χ2n) is 6.73. The lowest BCUT2D eigenvalue weighted by atomic mass is 10.0. The van der Waals surface area contributed by atoms with E-state index in [0.717, 1.165) is 21.8 Å². The third-order valence-corrected chi connectivity index (χ3v) is 5.46. The summed E-state index contributed by atoms with van der Waals surface area (Å²) in [4.78, 5) is 17.9. The minimum atomic E-state index is 0.303. The molecule has 0 radical (unpaired) electrons. The van der Waals surface area contributed by atoms with E-state index in [1.807, 2.05) is 55.0 Å². The first-order valence-corrected chi connectivity index (χ1v) is 10.4. The minimum absolute atomic E-state index is 0.303. The number of thiazole rings is 1. The summed E-state index contributed by atoms with van der Waals surface area (Å²) >= 11 is 1.52. The highest BCUT2D eigenvalue weighted by molar-refractivity contribution is 7.09. The van der Waals surface area contributed by atoms with Gasteiger partial charge in [-0.15, -0.1) is 11.3 Å². The van der Waals surface area contributed by atoms with Crippen LogP contribution in [0, 0.1) is 0 Å². The number of hydrogen-bond acceptors (Lipinski definition) is 8. The molecule has 1 aromatic carbocycles. The van der Waals surface area contributed by atoms with Crippen molar-refractivity contribution >= 4 is 22.4 Å². The highest BCUT2D eigenvalue weighted by atomic mass is 32.1. The number of rotatable bonds is 6. The summed E-state index contributed by atoms with van der Waals surface area (Å²) in [6, 6.07) is 11.8. The minimum Gasteiger partial charge on any atom is -0.491 e. The van der Waals surface area contributed by atoms with Gasteiger partial charge in [0.25, 0.3) is 5.88 Å². The molecule has 5 aromatic rings. The Balaban J connectivity index is 1.64. The van der Waals surface area contributed by atoms with Crippen LogP contribution in [0.4, 0.5) is 0 Å². The molecule has 0 aliphatic rings. The molecule has 0 amide bonds. The molecule has 0 atom stereocenters. The van der Waals surface area contributed by atoms with E-state index in [0.29, 0.717) is 35.0 Å². The Labute approximate surface area is 182 Å². The van der Waals surface area contributed by atoms with Crippen LogP contribution < -0.4 is 9.47 Å². The predicted molar refractivity (Wildman–Crippen MR) is 118 cm³/mol. The highest BCUT2D eigenvalue weighted by Gasteiger charge is 2.19. The van der Waals surface area contributed by atoms with Gasteiger partial charge in [-0.1, -0.05) is 30.3 Å². The van der Waals surface area contributed by atoms with Crippen molar-refractivity contribution in [2.45, 2.75) is 6.61 Å². The molecule has 0 fully saturated rings. The van der Waals surface area contributed by atoms with Crippen LogP contribution in [-0.4, -0.2) is 36.8 Å². The summed E-state index contributed by atoms with van der Waals surface area (Å²) in [5.74, 6) is 0.870. The topological polar surface area (TPSA) is 87.8 Å². The monoisotopic (exact) mass is 430 g/mol. The molecule has 0 saturated carbocycles. The zero-order valence-electron chi connectivity index (χ0n) is 16.9. The third-order valence-electron chi connectivity index (χ3n) is 4.71. The Morgan fingerprint density at radius 2 is 1.94 bits per heavy atom. The van der Waals surface area contributed by atoms with Crippen molar-refractivity contribution in [1.29, 1.82) is 0 Å². The Morgan fingerprint density at radius 1 is 1.06 bits per heavy atom. The summed E-state index contributed by atoms with van der Waals surface area (Å²) in [6.45, 7) is 0.303. The lowest BCUT2D eigenvalue weighted by Crippen LogP contribution is -2.01. The lowest BCUT2D eigenvalue weighted by molar-refractivity contribution is 0.273. The first-order chi connectivity index (χ1) is 15.2. The summed E-state index contributed by atoms with van der Waals surface area (Å²) < 4.78 is 13.2. The number of benzene rings is 1. The van der Waals surface area contributed by atoms with Gasteiger partial charge in [-0.2, -0.15) is 5.10 Å². The fourth-order valence-electron chi connectivity index (χ4n) is 3.32. The molecule has 5 rings (SSSR count). The van der Waals surface area contributed by atoms with Crippen molar-refractivity contribution in [1.82, 2.24) is 29.7 Å². The molecule has 4 heterocycles. The number of hydrogen-bond donors (Lipinski definition) is 0. The Kier molecular flexibility index (Phi) is 5.01. The van der Waals surface area contributed by atoms with Crippen LogP contribution in [0.1, 0.15) is 5.01 Å². The molecule has 0 spiro atoms. The van der Waals surface area contributed by atoms with Gasteiger partial charge in [0.1, 0.15) is 34.8 Å². The van der Waals surface area contributed by atoms with Gasteiger partial charge < -0.3 is 9.47 Å². The summed E-state index contributed by atoms with van der Waals surface area (Å²) in [7, 11) is 3.47. The van der Waals surface area contributed by atoms with Crippen LogP contribution >= 0.6 is 11.3 Å². The first kappa shape index (κ1) is 19.1. The van der Waals surface area contributed by atoms with E-state index in [-0.39, 0.29) is 0 Å². The van der Waals surface area contributed by atoms with Crippen LogP contribution in [-0.2, 0) is 13.7 Å². The normalized spacial score (nSPS) is 11.0. The Hall–Kier alpha value is -3.85. The molecule has 8 nitrogen and oxygen atoms in total. The summed E-state index contributed by atoms with van der Waals surface area (Å²) in [5, 5.41) is 7.42.